The molecule has 3 aromatic rings. The highest BCUT2D eigenvalue weighted by atomic mass is 16.5. The molecular weight excluding hydrogens is 374 g/mol. The number of nitrogen functional groups attached to an aromatic ring is 1. The fourth-order valence-corrected chi connectivity index (χ4v) is 3.17. The zero-order chi connectivity index (χ0) is 21.0. The predicted octanol–water partition coefficient (Wildman–Crippen LogP) is 1.65. The van der Waals surface area contributed by atoms with Crippen molar-refractivity contribution in [2.75, 3.05) is 12.3 Å². The number of carbonyl (C=O) groups is 2. The summed E-state index contributed by atoms with van der Waals surface area (Å²) in [5.41, 5.74) is 4.66. The van der Waals surface area contributed by atoms with Crippen LogP contribution in [0.3, 0.4) is 0 Å². The zero-order valence-electron chi connectivity index (χ0n) is 15.9. The van der Waals surface area contributed by atoms with Gasteiger partial charge in [-0.1, -0.05) is 49.4 Å². The molecule has 1 aromatic heterocycles. The summed E-state index contributed by atoms with van der Waals surface area (Å²) in [5, 5.41) is 1.91. The van der Waals surface area contributed by atoms with Gasteiger partial charge in [-0.15, -0.1) is 0 Å². The lowest BCUT2D eigenvalue weighted by atomic mass is 10.0. The minimum Gasteiger partial charge on any atom is -0.457 e. The number of ketones is 1. The van der Waals surface area contributed by atoms with Crippen molar-refractivity contribution >= 4 is 28.3 Å². The van der Waals surface area contributed by atoms with E-state index >= 15 is 0 Å². The minimum absolute atomic E-state index is 0.0181. The van der Waals surface area contributed by atoms with Crippen LogP contribution in [0.2, 0.25) is 0 Å². The van der Waals surface area contributed by atoms with Gasteiger partial charge in [0.2, 0.25) is 5.78 Å². The number of anilines is 1. The molecule has 2 aromatic carbocycles. The molecule has 0 aliphatic heterocycles. The first kappa shape index (κ1) is 20.1. The molecule has 0 aliphatic rings. The molecule has 0 spiro atoms. The Morgan fingerprint density at radius 1 is 1.10 bits per heavy atom. The van der Waals surface area contributed by atoms with Crippen LogP contribution in [0.4, 0.5) is 5.82 Å². The standard InChI is InChI=1S/C21H21N3O5/c1-2-10-24-19(22)18(20(27)23-21(24)28)16(25)12-29-17(26)11-14-8-5-7-13-6-3-4-9-15(13)14/h3-9H,2,10-12,22H2,1H3,(H,23,27,28). The number of hydrogen-bond donors (Lipinski definition) is 2. The maximum absolute atomic E-state index is 12.4. The van der Waals surface area contributed by atoms with E-state index < -0.39 is 29.6 Å². The number of nitrogens with one attached hydrogen (secondary N) is 1. The average molecular weight is 395 g/mol. The second kappa shape index (κ2) is 8.55. The van der Waals surface area contributed by atoms with Gasteiger partial charge in [-0.25, -0.2) is 4.79 Å². The van der Waals surface area contributed by atoms with Gasteiger partial charge < -0.3 is 10.5 Å². The zero-order valence-corrected chi connectivity index (χ0v) is 15.9. The Labute approximate surface area is 165 Å². The molecule has 0 aliphatic carbocycles. The average Bonchev–Trinajstić information content (AvgIpc) is 2.70. The number of fused-ring (bicyclic) bond motifs is 1. The van der Waals surface area contributed by atoms with Crippen LogP contribution in [0.15, 0.2) is 52.1 Å². The summed E-state index contributed by atoms with van der Waals surface area (Å²) in [4.78, 5) is 50.6. The first-order chi connectivity index (χ1) is 13.9. The van der Waals surface area contributed by atoms with Crippen LogP contribution in [0.25, 0.3) is 10.8 Å². The molecule has 0 radical (unpaired) electrons. The molecule has 0 amide bonds. The van der Waals surface area contributed by atoms with Crippen LogP contribution in [0.1, 0.15) is 29.3 Å². The number of nitrogens with zero attached hydrogens (tertiary/aromatic N) is 1. The lowest BCUT2D eigenvalue weighted by Crippen LogP contribution is -2.37. The van der Waals surface area contributed by atoms with Crippen molar-refractivity contribution in [2.45, 2.75) is 26.3 Å². The van der Waals surface area contributed by atoms with Gasteiger partial charge >= 0.3 is 11.7 Å². The van der Waals surface area contributed by atoms with Gasteiger partial charge in [0.1, 0.15) is 11.4 Å². The number of Topliss-reactive ketones (excluding diaryl/α,β-unsaturated/α-hetero) is 1. The third kappa shape index (κ3) is 4.26. The molecule has 0 fully saturated rings. The largest absolute Gasteiger partial charge is 0.457 e. The Hall–Kier alpha value is -3.68. The number of carbonyl (C=O) groups excluding carboxylic acids is 2. The second-order valence-corrected chi connectivity index (χ2v) is 6.57. The quantitative estimate of drug-likeness (QED) is 0.463. The summed E-state index contributed by atoms with van der Waals surface area (Å²) in [6, 6.07) is 13.2. The van der Waals surface area contributed by atoms with E-state index in [-0.39, 0.29) is 24.3 Å². The predicted molar refractivity (Wildman–Crippen MR) is 109 cm³/mol. The van der Waals surface area contributed by atoms with Crippen molar-refractivity contribution < 1.29 is 14.3 Å². The minimum atomic E-state index is -0.894. The number of esters is 1. The smallest absolute Gasteiger partial charge is 0.329 e. The summed E-state index contributed by atoms with van der Waals surface area (Å²) >= 11 is 0. The Morgan fingerprint density at radius 3 is 2.59 bits per heavy atom. The first-order valence-electron chi connectivity index (χ1n) is 9.20. The molecular formula is C21H21N3O5. The molecule has 150 valence electrons. The number of hydrogen-bond acceptors (Lipinski definition) is 6. The summed E-state index contributed by atoms with van der Waals surface area (Å²) in [7, 11) is 0. The molecule has 0 saturated carbocycles. The Kier molecular flexibility index (Phi) is 5.92. The normalized spacial score (nSPS) is 10.8. The molecule has 1 heterocycles. The molecule has 8 heteroatoms. The monoisotopic (exact) mass is 395 g/mol. The number of nitrogens with two attached hydrogens (primary N) is 1. The van der Waals surface area contributed by atoms with Crippen molar-refractivity contribution in [3.63, 3.8) is 0 Å². The summed E-state index contributed by atoms with van der Waals surface area (Å²) in [6.45, 7) is 1.44. The second-order valence-electron chi connectivity index (χ2n) is 6.57. The van der Waals surface area contributed by atoms with E-state index in [1.807, 2.05) is 49.4 Å². The van der Waals surface area contributed by atoms with E-state index in [4.69, 9.17) is 10.5 Å². The van der Waals surface area contributed by atoms with Crippen molar-refractivity contribution in [1.29, 1.82) is 0 Å². The van der Waals surface area contributed by atoms with Gasteiger partial charge in [-0.05, 0) is 22.8 Å². The molecule has 8 nitrogen and oxygen atoms in total. The highest BCUT2D eigenvalue weighted by Crippen LogP contribution is 2.19. The lowest BCUT2D eigenvalue weighted by molar-refractivity contribution is -0.141. The molecule has 29 heavy (non-hydrogen) atoms. The van der Waals surface area contributed by atoms with Gasteiger partial charge in [0.25, 0.3) is 5.56 Å². The number of rotatable bonds is 7. The van der Waals surface area contributed by atoms with Crippen LogP contribution < -0.4 is 17.0 Å². The van der Waals surface area contributed by atoms with Crippen LogP contribution in [0, 0.1) is 0 Å². The van der Waals surface area contributed by atoms with E-state index in [2.05, 4.69) is 4.98 Å². The van der Waals surface area contributed by atoms with Gasteiger partial charge in [-0.2, -0.15) is 0 Å². The topological polar surface area (TPSA) is 124 Å². The first-order valence-corrected chi connectivity index (χ1v) is 9.20. The molecule has 3 rings (SSSR count). The third-order valence-corrected chi connectivity index (χ3v) is 4.54. The van der Waals surface area contributed by atoms with Crippen molar-refractivity contribution in [3.05, 3.63) is 74.4 Å². The van der Waals surface area contributed by atoms with Crippen molar-refractivity contribution in [1.82, 2.24) is 9.55 Å². The SMILES string of the molecule is CCCn1c(N)c(C(=O)COC(=O)Cc2cccc3ccccc23)c(=O)[nH]c1=O. The number of H-pyrrole nitrogens is 1. The molecule has 3 N–H and O–H groups in total. The Bertz CT molecular complexity index is 1190. The molecule has 0 unspecified atom stereocenters. The molecule has 0 bridgehead atoms. The van der Waals surface area contributed by atoms with Crippen LogP contribution in [-0.2, 0) is 22.5 Å². The Balaban J connectivity index is 1.74. The van der Waals surface area contributed by atoms with Crippen molar-refractivity contribution in [2.24, 2.45) is 0 Å². The summed E-state index contributed by atoms with van der Waals surface area (Å²) < 4.78 is 6.18. The maximum Gasteiger partial charge on any atom is 0.329 e. The summed E-state index contributed by atoms with van der Waals surface area (Å²) in [6.07, 6.45) is 0.569. The Morgan fingerprint density at radius 2 is 1.83 bits per heavy atom. The van der Waals surface area contributed by atoms with Gasteiger partial charge in [0, 0.05) is 6.54 Å². The third-order valence-electron chi connectivity index (χ3n) is 4.54. The van der Waals surface area contributed by atoms with Gasteiger partial charge in [0.15, 0.2) is 6.61 Å². The number of ether oxygens (including phenoxy) is 1. The fraction of sp³-hybridized carbons (Fsp3) is 0.238. The van der Waals surface area contributed by atoms with E-state index in [9.17, 15) is 19.2 Å². The van der Waals surface area contributed by atoms with Crippen LogP contribution >= 0.6 is 0 Å². The van der Waals surface area contributed by atoms with Gasteiger partial charge in [0.05, 0.1) is 6.42 Å². The fourth-order valence-electron chi connectivity index (χ4n) is 3.17. The van der Waals surface area contributed by atoms with Crippen molar-refractivity contribution in [3.8, 4) is 0 Å². The molecule has 0 saturated heterocycles. The highest BCUT2D eigenvalue weighted by Gasteiger charge is 2.20. The van der Waals surface area contributed by atoms with Gasteiger partial charge in [-0.3, -0.25) is 23.9 Å². The number of aromatic nitrogens is 2. The highest BCUT2D eigenvalue weighted by molar-refractivity contribution is 6.01. The van der Waals surface area contributed by atoms with E-state index in [1.54, 1.807) is 0 Å². The number of benzene rings is 2. The van der Waals surface area contributed by atoms with Crippen LogP contribution in [-0.4, -0.2) is 27.9 Å². The molecule has 0 atom stereocenters. The van der Waals surface area contributed by atoms with E-state index in [0.717, 1.165) is 20.9 Å². The number of aromatic amines is 1. The lowest BCUT2D eigenvalue weighted by Gasteiger charge is -2.11. The van der Waals surface area contributed by atoms with Crippen LogP contribution in [0.5, 0.6) is 0 Å². The van der Waals surface area contributed by atoms with E-state index in [1.165, 1.54) is 0 Å². The maximum atomic E-state index is 12.4. The summed E-state index contributed by atoms with van der Waals surface area (Å²) in [5.74, 6) is -1.60. The van der Waals surface area contributed by atoms with E-state index in [0.29, 0.717) is 6.42 Å².